The van der Waals surface area contributed by atoms with Crippen LogP contribution in [0.25, 0.3) is 10.4 Å². The van der Waals surface area contributed by atoms with Crippen molar-refractivity contribution in [2.45, 2.75) is 24.0 Å². The molecule has 1 aromatic rings. The molecular formula is C10H14N6O5. The zero-order valence-electron chi connectivity index (χ0n) is 10.8. The number of anilines is 1. The molecule has 5 N–H and O–H groups in total. The highest BCUT2D eigenvalue weighted by atomic mass is 16.6. The molecule has 0 amide bonds. The van der Waals surface area contributed by atoms with E-state index in [1.807, 2.05) is 0 Å². The van der Waals surface area contributed by atoms with Crippen LogP contribution < -0.4 is 11.4 Å². The first-order valence-electron chi connectivity index (χ1n) is 5.96. The van der Waals surface area contributed by atoms with E-state index in [1.54, 1.807) is 0 Å². The van der Waals surface area contributed by atoms with E-state index in [2.05, 4.69) is 15.0 Å². The Kier molecular flexibility index (Phi) is 4.11. The third-order valence-electron chi connectivity index (χ3n) is 3.32. The van der Waals surface area contributed by atoms with Crippen LogP contribution in [0.2, 0.25) is 0 Å². The van der Waals surface area contributed by atoms with Gasteiger partial charge in [-0.2, -0.15) is 4.98 Å². The summed E-state index contributed by atoms with van der Waals surface area (Å²) in [4.78, 5) is 17.7. The molecule has 0 unspecified atom stereocenters. The van der Waals surface area contributed by atoms with Gasteiger partial charge in [-0.05, 0) is 11.6 Å². The van der Waals surface area contributed by atoms with Crippen molar-refractivity contribution < 1.29 is 20.1 Å². The number of aliphatic hydroxyl groups is 3. The second-order valence-corrected chi connectivity index (χ2v) is 4.57. The van der Waals surface area contributed by atoms with Crippen LogP contribution in [0.1, 0.15) is 6.23 Å². The molecule has 1 aromatic heterocycles. The number of nitrogens with two attached hydrogens (primary N) is 1. The van der Waals surface area contributed by atoms with Crippen LogP contribution in [0.4, 0.5) is 5.82 Å². The lowest BCUT2D eigenvalue weighted by atomic mass is 9.92. The molecule has 0 spiro atoms. The average molecular weight is 298 g/mol. The third kappa shape index (κ3) is 2.55. The summed E-state index contributed by atoms with van der Waals surface area (Å²) >= 11 is 0. The van der Waals surface area contributed by atoms with Crippen LogP contribution in [-0.2, 0) is 4.74 Å². The fourth-order valence-corrected chi connectivity index (χ4v) is 2.18. The highest BCUT2D eigenvalue weighted by Gasteiger charge is 2.55. The SMILES string of the molecule is [N-]=[N+]=NC[C@@]1(O)[C@@H](CO)O[C@@H](n2ccc(N)nc2=O)[C@@H]1O. The average Bonchev–Trinajstić information content (AvgIpc) is 2.70. The minimum absolute atomic E-state index is 0.00760. The maximum Gasteiger partial charge on any atom is 0.351 e. The number of aliphatic hydroxyl groups excluding tert-OH is 2. The van der Waals surface area contributed by atoms with Gasteiger partial charge in [0, 0.05) is 11.1 Å². The molecule has 21 heavy (non-hydrogen) atoms. The predicted molar refractivity (Wildman–Crippen MR) is 68.9 cm³/mol. The number of nitrogens with zero attached hydrogens (tertiary/aromatic N) is 5. The van der Waals surface area contributed by atoms with E-state index in [9.17, 15) is 20.1 Å². The van der Waals surface area contributed by atoms with Crippen LogP contribution in [0, 0.1) is 0 Å². The first-order chi connectivity index (χ1) is 9.93. The van der Waals surface area contributed by atoms with Crippen molar-refractivity contribution in [2.24, 2.45) is 5.11 Å². The van der Waals surface area contributed by atoms with E-state index in [0.717, 1.165) is 4.57 Å². The molecule has 0 radical (unpaired) electrons. The minimum Gasteiger partial charge on any atom is -0.394 e. The zero-order chi connectivity index (χ0) is 15.6. The number of ether oxygens (including phenoxy) is 1. The van der Waals surface area contributed by atoms with Crippen molar-refractivity contribution in [1.82, 2.24) is 9.55 Å². The summed E-state index contributed by atoms with van der Waals surface area (Å²) < 4.78 is 6.22. The predicted octanol–water partition coefficient (Wildman–Crippen LogP) is -1.88. The Morgan fingerprint density at radius 1 is 1.67 bits per heavy atom. The van der Waals surface area contributed by atoms with Crippen molar-refractivity contribution in [1.29, 1.82) is 0 Å². The van der Waals surface area contributed by atoms with Crippen LogP contribution >= 0.6 is 0 Å². The molecule has 11 heteroatoms. The van der Waals surface area contributed by atoms with Crippen molar-refractivity contribution >= 4 is 5.82 Å². The van der Waals surface area contributed by atoms with Crippen molar-refractivity contribution in [2.75, 3.05) is 18.9 Å². The first kappa shape index (κ1) is 15.2. The topological polar surface area (TPSA) is 180 Å². The summed E-state index contributed by atoms with van der Waals surface area (Å²) in [5.74, 6) is -0.00760. The largest absolute Gasteiger partial charge is 0.394 e. The fraction of sp³-hybridized carbons (Fsp3) is 0.600. The monoisotopic (exact) mass is 298 g/mol. The van der Waals surface area contributed by atoms with E-state index in [1.165, 1.54) is 12.3 Å². The summed E-state index contributed by atoms with van der Waals surface area (Å²) in [6.45, 7) is -1.16. The minimum atomic E-state index is -2.02. The summed E-state index contributed by atoms with van der Waals surface area (Å²) in [6.07, 6.45) is -2.89. The van der Waals surface area contributed by atoms with Crippen LogP contribution in [0.5, 0.6) is 0 Å². The molecule has 1 aliphatic rings. The van der Waals surface area contributed by atoms with Gasteiger partial charge in [0.15, 0.2) is 6.23 Å². The molecule has 0 saturated carbocycles. The Balaban J connectivity index is 2.39. The van der Waals surface area contributed by atoms with E-state index in [0.29, 0.717) is 0 Å². The molecule has 2 heterocycles. The van der Waals surface area contributed by atoms with Gasteiger partial charge in [0.25, 0.3) is 0 Å². The Morgan fingerprint density at radius 3 is 2.95 bits per heavy atom. The van der Waals surface area contributed by atoms with Gasteiger partial charge in [-0.1, -0.05) is 5.11 Å². The summed E-state index contributed by atoms with van der Waals surface area (Å²) in [5.41, 5.74) is 10.9. The molecule has 114 valence electrons. The van der Waals surface area contributed by atoms with Gasteiger partial charge in [0.05, 0.1) is 13.2 Å². The zero-order valence-corrected chi connectivity index (χ0v) is 10.8. The number of hydrogen-bond acceptors (Lipinski definition) is 8. The summed E-state index contributed by atoms with van der Waals surface area (Å²) in [5, 5.41) is 33.0. The van der Waals surface area contributed by atoms with E-state index >= 15 is 0 Å². The Morgan fingerprint density at radius 2 is 2.38 bits per heavy atom. The molecule has 1 aliphatic heterocycles. The molecule has 11 nitrogen and oxygen atoms in total. The molecule has 0 aliphatic carbocycles. The number of rotatable bonds is 4. The second-order valence-electron chi connectivity index (χ2n) is 4.57. The van der Waals surface area contributed by atoms with Gasteiger partial charge >= 0.3 is 5.69 Å². The van der Waals surface area contributed by atoms with Crippen molar-refractivity contribution in [3.8, 4) is 0 Å². The number of azide groups is 1. The Hall–Kier alpha value is -2.17. The Labute approximate surface area is 117 Å². The summed E-state index contributed by atoms with van der Waals surface area (Å²) in [7, 11) is 0. The van der Waals surface area contributed by atoms with Gasteiger partial charge < -0.3 is 25.8 Å². The second kappa shape index (κ2) is 5.68. The molecule has 0 aromatic carbocycles. The first-order valence-corrected chi connectivity index (χ1v) is 5.96. The maximum absolute atomic E-state index is 11.7. The summed E-state index contributed by atoms with van der Waals surface area (Å²) in [6, 6.07) is 1.32. The lowest BCUT2D eigenvalue weighted by molar-refractivity contribution is -0.0861. The molecule has 1 saturated heterocycles. The Bertz CT molecular complexity index is 629. The van der Waals surface area contributed by atoms with Crippen LogP contribution in [0.15, 0.2) is 22.2 Å². The lowest BCUT2D eigenvalue weighted by Crippen LogP contribution is -2.51. The number of nitrogen functional groups attached to an aromatic ring is 1. The third-order valence-corrected chi connectivity index (χ3v) is 3.32. The molecule has 1 fully saturated rings. The van der Waals surface area contributed by atoms with Gasteiger partial charge in [-0.25, -0.2) is 4.79 Å². The van der Waals surface area contributed by atoms with E-state index in [-0.39, 0.29) is 5.82 Å². The lowest BCUT2D eigenvalue weighted by Gasteiger charge is -2.28. The molecule has 2 rings (SSSR count). The maximum atomic E-state index is 11.7. The van der Waals surface area contributed by atoms with Crippen LogP contribution in [0.3, 0.4) is 0 Å². The molecular weight excluding hydrogens is 284 g/mol. The van der Waals surface area contributed by atoms with E-state index in [4.69, 9.17) is 16.0 Å². The van der Waals surface area contributed by atoms with Gasteiger partial charge in [-0.3, -0.25) is 4.57 Å². The normalized spacial score (nSPS) is 31.9. The van der Waals surface area contributed by atoms with Gasteiger partial charge in [0.2, 0.25) is 0 Å². The highest BCUT2D eigenvalue weighted by Crippen LogP contribution is 2.36. The van der Waals surface area contributed by atoms with Crippen LogP contribution in [-0.4, -0.2) is 55.8 Å². The van der Waals surface area contributed by atoms with Crippen molar-refractivity contribution in [3.63, 3.8) is 0 Å². The van der Waals surface area contributed by atoms with Crippen molar-refractivity contribution in [3.05, 3.63) is 33.2 Å². The standard InChI is InChI=1S/C10H14N6O5/c11-6-1-2-16(9(19)14-6)8-7(18)10(20,4-13-15-12)5(3-17)21-8/h1-2,5,7-8,17-18,20H,3-4H2,(H2,11,14,19)/t5-,7+,8-,10-/m1/s1. The smallest absolute Gasteiger partial charge is 0.351 e. The fourth-order valence-electron chi connectivity index (χ4n) is 2.18. The number of aromatic nitrogens is 2. The van der Waals surface area contributed by atoms with Gasteiger partial charge in [0.1, 0.15) is 23.6 Å². The van der Waals surface area contributed by atoms with Gasteiger partial charge in [-0.15, -0.1) is 0 Å². The number of hydrogen-bond donors (Lipinski definition) is 4. The molecule has 4 atom stereocenters. The molecule has 0 bridgehead atoms. The quantitative estimate of drug-likeness (QED) is 0.285. The highest BCUT2D eigenvalue weighted by molar-refractivity contribution is 5.23. The van der Waals surface area contributed by atoms with E-state index < -0.39 is 42.9 Å².